The molecule has 1 aromatic heterocycles. The molecule has 1 atom stereocenters. The minimum atomic E-state index is -0.528. The Balaban J connectivity index is 1.95. The van der Waals surface area contributed by atoms with Crippen LogP contribution in [-0.2, 0) is 6.42 Å². The number of hydrogen-bond donors (Lipinski definition) is 3. The molecule has 0 fully saturated rings. The fourth-order valence-corrected chi connectivity index (χ4v) is 4.50. The van der Waals surface area contributed by atoms with Crippen LogP contribution in [0, 0.1) is 18.6 Å². The number of hydrogen-bond acceptors (Lipinski definition) is 6. The topological polar surface area (TPSA) is 88.5 Å². The number of aromatic nitrogens is 2. The van der Waals surface area contributed by atoms with Crippen molar-refractivity contribution in [3.63, 3.8) is 0 Å². The van der Waals surface area contributed by atoms with E-state index in [0.717, 1.165) is 28.7 Å². The van der Waals surface area contributed by atoms with Crippen LogP contribution in [0.4, 0.5) is 0 Å². The Hall–Kier alpha value is -3.10. The smallest absolute Gasteiger partial charge is 0.260 e. The van der Waals surface area contributed by atoms with E-state index >= 15 is 0 Å². The molecule has 1 unspecified atom stereocenters. The molecule has 0 radical (unpaired) electrons. The van der Waals surface area contributed by atoms with Crippen molar-refractivity contribution in [2.24, 2.45) is 0 Å². The molecule has 2 heterocycles. The van der Waals surface area contributed by atoms with Crippen LogP contribution in [-0.4, -0.2) is 35.4 Å². The van der Waals surface area contributed by atoms with Crippen molar-refractivity contribution in [1.29, 1.82) is 0 Å². The zero-order valence-electron chi connectivity index (χ0n) is 17.9. The van der Waals surface area contributed by atoms with Gasteiger partial charge in [0.1, 0.15) is 0 Å². The molecule has 8 heteroatoms. The molecule has 0 saturated carbocycles. The molecule has 162 valence electrons. The van der Waals surface area contributed by atoms with Gasteiger partial charge in [0, 0.05) is 6.54 Å². The van der Waals surface area contributed by atoms with Gasteiger partial charge in [-0.15, -0.1) is 0 Å². The van der Waals surface area contributed by atoms with E-state index in [4.69, 9.17) is 21.7 Å². The highest BCUT2D eigenvalue weighted by Gasteiger charge is 2.30. The number of aromatic amines is 1. The summed E-state index contributed by atoms with van der Waals surface area (Å²) in [6, 6.07) is 9.09. The summed E-state index contributed by atoms with van der Waals surface area (Å²) in [5.74, 6) is 1.01. The van der Waals surface area contributed by atoms with Gasteiger partial charge in [-0.25, -0.2) is 0 Å². The number of benzene rings is 2. The Labute approximate surface area is 185 Å². The van der Waals surface area contributed by atoms with Crippen LogP contribution in [0.1, 0.15) is 33.9 Å². The molecule has 2 aromatic carbocycles. The highest BCUT2D eigenvalue weighted by molar-refractivity contribution is 7.71. The van der Waals surface area contributed by atoms with Gasteiger partial charge in [-0.3, -0.25) is 14.3 Å². The van der Waals surface area contributed by atoms with Gasteiger partial charge in [-0.1, -0.05) is 17.7 Å². The van der Waals surface area contributed by atoms with Gasteiger partial charge in [0.25, 0.3) is 5.56 Å². The van der Waals surface area contributed by atoms with E-state index in [1.165, 1.54) is 4.57 Å². The van der Waals surface area contributed by atoms with E-state index in [9.17, 15) is 9.90 Å². The van der Waals surface area contributed by atoms with Gasteiger partial charge < -0.3 is 19.9 Å². The molecule has 3 N–H and O–H groups in total. The third kappa shape index (κ3) is 3.62. The Morgan fingerprint density at radius 3 is 2.52 bits per heavy atom. The number of nitrogens with one attached hydrogen (secondary N) is 2. The van der Waals surface area contributed by atoms with Crippen molar-refractivity contribution in [2.45, 2.75) is 26.3 Å². The number of methoxy groups -OCH3 is 2. The van der Waals surface area contributed by atoms with Crippen LogP contribution >= 0.6 is 12.2 Å². The number of fused-ring (bicyclic) bond motifs is 1. The number of aromatic hydroxyl groups is 1. The first-order chi connectivity index (χ1) is 14.8. The lowest BCUT2D eigenvalue weighted by molar-refractivity contribution is 0.352. The van der Waals surface area contributed by atoms with Crippen LogP contribution in [0.25, 0.3) is 5.69 Å². The minimum Gasteiger partial charge on any atom is -0.494 e. The fourth-order valence-electron chi connectivity index (χ4n) is 4.22. The van der Waals surface area contributed by atoms with Crippen LogP contribution in [0.5, 0.6) is 17.4 Å². The number of rotatable bonds is 4. The lowest BCUT2D eigenvalue weighted by Crippen LogP contribution is -2.35. The predicted molar refractivity (Wildman–Crippen MR) is 121 cm³/mol. The first-order valence-electron chi connectivity index (χ1n) is 9.99. The van der Waals surface area contributed by atoms with Crippen molar-refractivity contribution in [1.82, 2.24) is 14.9 Å². The Kier molecular flexibility index (Phi) is 5.60. The summed E-state index contributed by atoms with van der Waals surface area (Å²) in [7, 11) is 3.16. The van der Waals surface area contributed by atoms with E-state index in [1.807, 2.05) is 44.2 Å². The first-order valence-corrected chi connectivity index (χ1v) is 10.4. The van der Waals surface area contributed by atoms with E-state index < -0.39 is 11.6 Å². The van der Waals surface area contributed by atoms with Crippen LogP contribution in [0.3, 0.4) is 0 Å². The molecule has 0 bridgehead atoms. The van der Waals surface area contributed by atoms with Gasteiger partial charge in [-0.2, -0.15) is 0 Å². The van der Waals surface area contributed by atoms with Gasteiger partial charge in [0.15, 0.2) is 16.3 Å². The molecule has 0 saturated heterocycles. The number of nitrogens with zero attached hydrogens (tertiary/aromatic N) is 1. The Morgan fingerprint density at radius 2 is 1.84 bits per heavy atom. The van der Waals surface area contributed by atoms with E-state index in [0.29, 0.717) is 23.7 Å². The van der Waals surface area contributed by atoms with Crippen molar-refractivity contribution >= 4 is 12.2 Å². The summed E-state index contributed by atoms with van der Waals surface area (Å²) in [5.41, 5.74) is 4.42. The van der Waals surface area contributed by atoms with Gasteiger partial charge >= 0.3 is 0 Å². The summed E-state index contributed by atoms with van der Waals surface area (Å²) in [6.45, 7) is 4.59. The van der Waals surface area contributed by atoms with Crippen LogP contribution in [0.2, 0.25) is 0 Å². The Morgan fingerprint density at radius 1 is 1.13 bits per heavy atom. The lowest BCUT2D eigenvalue weighted by Gasteiger charge is -2.29. The average Bonchev–Trinajstić information content (AvgIpc) is 2.74. The maximum Gasteiger partial charge on any atom is 0.260 e. The summed E-state index contributed by atoms with van der Waals surface area (Å²) < 4.78 is 12.5. The molecule has 1 aliphatic heterocycles. The Bertz CT molecular complexity index is 1280. The molecule has 1 aliphatic rings. The molecular formula is C23H25N3O4S. The van der Waals surface area contributed by atoms with Crippen LogP contribution < -0.4 is 20.3 Å². The first kappa shape index (κ1) is 21.1. The summed E-state index contributed by atoms with van der Waals surface area (Å²) in [5, 5.41) is 14.6. The zero-order valence-corrected chi connectivity index (χ0v) is 18.7. The molecule has 0 spiro atoms. The van der Waals surface area contributed by atoms with Gasteiger partial charge in [0.2, 0.25) is 5.88 Å². The van der Waals surface area contributed by atoms with E-state index in [-0.39, 0.29) is 16.2 Å². The molecule has 7 nitrogen and oxygen atoms in total. The molecular weight excluding hydrogens is 414 g/mol. The second kappa shape index (κ2) is 8.20. The zero-order chi connectivity index (χ0) is 22.3. The summed E-state index contributed by atoms with van der Waals surface area (Å²) in [6.07, 6.45) is 0.765. The second-order valence-electron chi connectivity index (χ2n) is 7.67. The highest BCUT2D eigenvalue weighted by atomic mass is 32.1. The maximum atomic E-state index is 13.0. The van der Waals surface area contributed by atoms with Gasteiger partial charge in [0.05, 0.1) is 31.5 Å². The van der Waals surface area contributed by atoms with Crippen molar-refractivity contribution in [3.8, 4) is 23.1 Å². The average molecular weight is 440 g/mol. The monoisotopic (exact) mass is 439 g/mol. The molecule has 3 aromatic rings. The fraction of sp³-hybridized carbons (Fsp3) is 0.304. The third-order valence-corrected chi connectivity index (χ3v) is 5.99. The lowest BCUT2D eigenvalue weighted by atomic mass is 9.90. The second-order valence-corrected chi connectivity index (χ2v) is 8.05. The molecule has 31 heavy (non-hydrogen) atoms. The van der Waals surface area contributed by atoms with Gasteiger partial charge in [-0.05, 0) is 67.4 Å². The number of aryl methyl sites for hydroxylation is 2. The summed E-state index contributed by atoms with van der Waals surface area (Å²) in [4.78, 5) is 15.7. The SMILES string of the molecule is COc1cc2c(cc1OC)C(c1c(O)n(-c3ccc(C)cc3C)c(=S)[nH]c1=O)NCC2. The van der Waals surface area contributed by atoms with E-state index in [2.05, 4.69) is 10.3 Å². The molecule has 4 rings (SSSR count). The van der Waals surface area contributed by atoms with Crippen molar-refractivity contribution < 1.29 is 14.6 Å². The van der Waals surface area contributed by atoms with Crippen molar-refractivity contribution in [3.05, 3.63) is 73.3 Å². The van der Waals surface area contributed by atoms with Crippen molar-refractivity contribution in [2.75, 3.05) is 20.8 Å². The predicted octanol–water partition coefficient (Wildman–Crippen LogP) is 3.47. The quantitative estimate of drug-likeness (QED) is 0.540. The number of H-pyrrole nitrogens is 1. The normalized spacial score (nSPS) is 15.4. The number of ether oxygens (including phenoxy) is 2. The summed E-state index contributed by atoms with van der Waals surface area (Å²) >= 11 is 5.40. The third-order valence-electron chi connectivity index (χ3n) is 5.70. The highest BCUT2D eigenvalue weighted by Crippen LogP contribution is 2.39. The standard InChI is InChI=1S/C23H25N3O4S/c1-12-5-6-16(13(2)9-12)26-22(28)19(21(27)25-23(26)31)20-15-11-18(30-4)17(29-3)10-14(15)7-8-24-20/h5-6,9-11,20,24,28H,7-8H2,1-4H3,(H,25,27,31). The minimum absolute atomic E-state index is 0.140. The largest absolute Gasteiger partial charge is 0.494 e. The van der Waals surface area contributed by atoms with E-state index in [1.54, 1.807) is 14.2 Å². The maximum absolute atomic E-state index is 13.0. The van der Waals surface area contributed by atoms with Crippen LogP contribution in [0.15, 0.2) is 35.1 Å². The molecule has 0 amide bonds. The molecule has 0 aliphatic carbocycles.